The molecule has 6 rings (SSSR count). The Morgan fingerprint density at radius 3 is 1.56 bits per heavy atom. The Morgan fingerprint density at radius 2 is 0.944 bits per heavy atom. The van der Waals surface area contributed by atoms with Crippen molar-refractivity contribution < 1.29 is 0 Å². The Morgan fingerprint density at radius 1 is 0.472 bits per heavy atom. The van der Waals surface area contributed by atoms with Gasteiger partial charge in [-0.25, -0.2) is 19.7 Å². The second-order valence-corrected chi connectivity index (χ2v) is 8.72. The van der Waals surface area contributed by atoms with Gasteiger partial charge in [-0.3, -0.25) is 9.13 Å². The largest absolute Gasteiger partial charge is 0.328 e. The standard InChI is InChI=1S/C30H23N5O/c1-34-25-17-16-23(19-26(25)35(2)30(34)36)22-14-9-15-24(18-22)29-32-27(20-10-5-3-6-11-20)31-28(33-29)21-12-7-4-8-13-21/h3-19H,1-2H3. The molecule has 0 radical (unpaired) electrons. The van der Waals surface area contributed by atoms with Crippen molar-refractivity contribution in [3.05, 3.63) is 114 Å². The van der Waals surface area contributed by atoms with E-state index in [9.17, 15) is 4.79 Å². The minimum Gasteiger partial charge on any atom is -0.295 e. The zero-order valence-corrected chi connectivity index (χ0v) is 20.0. The van der Waals surface area contributed by atoms with Gasteiger partial charge in [-0.15, -0.1) is 0 Å². The molecule has 0 spiro atoms. The molecule has 0 saturated carbocycles. The van der Waals surface area contributed by atoms with Gasteiger partial charge in [0, 0.05) is 30.8 Å². The summed E-state index contributed by atoms with van der Waals surface area (Å²) >= 11 is 0. The van der Waals surface area contributed by atoms with E-state index in [4.69, 9.17) is 15.0 Å². The average molecular weight is 470 g/mol. The Balaban J connectivity index is 1.49. The topological polar surface area (TPSA) is 65.6 Å². The molecular formula is C30H23N5O. The zero-order valence-electron chi connectivity index (χ0n) is 20.0. The third kappa shape index (κ3) is 3.79. The van der Waals surface area contributed by atoms with Gasteiger partial charge in [-0.2, -0.15) is 0 Å². The van der Waals surface area contributed by atoms with Gasteiger partial charge in [0.05, 0.1) is 11.0 Å². The molecule has 0 atom stereocenters. The molecule has 0 amide bonds. The number of hydrogen-bond acceptors (Lipinski definition) is 4. The SMILES string of the molecule is Cn1c(=O)n(C)c2cc(-c3cccc(-c4nc(-c5ccccc5)nc(-c5ccccc5)n4)c3)ccc21. The van der Waals surface area contributed by atoms with Gasteiger partial charge in [-0.05, 0) is 29.3 Å². The van der Waals surface area contributed by atoms with Gasteiger partial charge in [0.15, 0.2) is 17.5 Å². The van der Waals surface area contributed by atoms with Gasteiger partial charge in [0.1, 0.15) is 0 Å². The van der Waals surface area contributed by atoms with Crippen molar-refractivity contribution in [2.75, 3.05) is 0 Å². The second kappa shape index (κ2) is 8.74. The second-order valence-electron chi connectivity index (χ2n) is 8.72. The van der Waals surface area contributed by atoms with Crippen LogP contribution in [0.2, 0.25) is 0 Å². The van der Waals surface area contributed by atoms with Crippen LogP contribution in [0.25, 0.3) is 56.3 Å². The molecule has 36 heavy (non-hydrogen) atoms. The summed E-state index contributed by atoms with van der Waals surface area (Å²) in [6, 6.07) is 34.1. The molecule has 2 heterocycles. The van der Waals surface area contributed by atoms with Crippen molar-refractivity contribution in [1.29, 1.82) is 0 Å². The first-order chi connectivity index (χ1) is 17.6. The first-order valence-corrected chi connectivity index (χ1v) is 11.7. The number of nitrogens with zero attached hydrogens (tertiary/aromatic N) is 5. The number of rotatable bonds is 4. The van der Waals surface area contributed by atoms with Crippen molar-refractivity contribution in [2.24, 2.45) is 14.1 Å². The molecule has 0 bridgehead atoms. The number of benzene rings is 4. The van der Waals surface area contributed by atoms with Crippen LogP contribution in [0.5, 0.6) is 0 Å². The molecule has 6 aromatic rings. The molecule has 0 unspecified atom stereocenters. The predicted octanol–water partition coefficient (Wildman–Crippen LogP) is 5.73. The van der Waals surface area contributed by atoms with E-state index in [0.717, 1.165) is 38.9 Å². The molecule has 0 saturated heterocycles. The average Bonchev–Trinajstić information content (AvgIpc) is 3.17. The summed E-state index contributed by atoms with van der Waals surface area (Å²) in [5.74, 6) is 1.87. The summed E-state index contributed by atoms with van der Waals surface area (Å²) in [7, 11) is 3.59. The number of imidazole rings is 1. The minimum absolute atomic E-state index is 0.0389. The van der Waals surface area contributed by atoms with E-state index in [0.29, 0.717) is 17.5 Å². The molecule has 4 aromatic carbocycles. The lowest BCUT2D eigenvalue weighted by atomic mass is 10.0. The van der Waals surface area contributed by atoms with E-state index < -0.39 is 0 Å². The van der Waals surface area contributed by atoms with E-state index in [1.807, 2.05) is 91.0 Å². The van der Waals surface area contributed by atoms with Crippen LogP contribution in [0.1, 0.15) is 0 Å². The Labute approximate surface area is 208 Å². The molecule has 0 aliphatic carbocycles. The number of hydrogen-bond donors (Lipinski definition) is 0. The smallest absolute Gasteiger partial charge is 0.295 e. The highest BCUT2D eigenvalue weighted by Gasteiger charge is 2.14. The minimum atomic E-state index is -0.0389. The van der Waals surface area contributed by atoms with E-state index in [1.54, 1.807) is 23.2 Å². The van der Waals surface area contributed by atoms with E-state index in [1.165, 1.54) is 0 Å². The predicted molar refractivity (Wildman–Crippen MR) is 143 cm³/mol. The molecule has 0 aliphatic heterocycles. The Kier molecular flexibility index (Phi) is 5.26. The maximum Gasteiger partial charge on any atom is 0.328 e. The van der Waals surface area contributed by atoms with Crippen molar-refractivity contribution in [2.45, 2.75) is 0 Å². The Hall–Kier alpha value is -4.84. The Bertz CT molecular complexity index is 1710. The van der Waals surface area contributed by atoms with Crippen LogP contribution < -0.4 is 5.69 Å². The highest BCUT2D eigenvalue weighted by Crippen LogP contribution is 2.29. The third-order valence-electron chi connectivity index (χ3n) is 6.43. The lowest BCUT2D eigenvalue weighted by Crippen LogP contribution is -2.19. The first-order valence-electron chi connectivity index (χ1n) is 11.7. The van der Waals surface area contributed by atoms with Crippen LogP contribution in [-0.2, 0) is 14.1 Å². The van der Waals surface area contributed by atoms with Gasteiger partial charge in [-0.1, -0.05) is 84.9 Å². The third-order valence-corrected chi connectivity index (χ3v) is 6.43. The molecule has 0 aliphatic rings. The summed E-state index contributed by atoms with van der Waals surface area (Å²) in [4.78, 5) is 26.8. The highest BCUT2D eigenvalue weighted by atomic mass is 16.1. The fourth-order valence-electron chi connectivity index (χ4n) is 4.46. The molecule has 6 nitrogen and oxygen atoms in total. The van der Waals surface area contributed by atoms with Gasteiger partial charge in [0.25, 0.3) is 0 Å². The van der Waals surface area contributed by atoms with Crippen LogP contribution in [0.4, 0.5) is 0 Å². The summed E-state index contributed by atoms with van der Waals surface area (Å²) in [5, 5.41) is 0. The van der Waals surface area contributed by atoms with Crippen molar-refractivity contribution in [3.8, 4) is 45.3 Å². The van der Waals surface area contributed by atoms with Crippen LogP contribution in [-0.4, -0.2) is 24.1 Å². The molecule has 174 valence electrons. The fourth-order valence-corrected chi connectivity index (χ4v) is 4.46. The maximum absolute atomic E-state index is 12.4. The van der Waals surface area contributed by atoms with E-state index in [2.05, 4.69) is 12.1 Å². The van der Waals surface area contributed by atoms with Crippen molar-refractivity contribution in [1.82, 2.24) is 24.1 Å². The first kappa shape index (κ1) is 21.7. The number of aromatic nitrogens is 5. The van der Waals surface area contributed by atoms with Crippen molar-refractivity contribution in [3.63, 3.8) is 0 Å². The molecule has 0 N–H and O–H groups in total. The van der Waals surface area contributed by atoms with Crippen molar-refractivity contribution >= 4 is 11.0 Å². The van der Waals surface area contributed by atoms with Crippen LogP contribution >= 0.6 is 0 Å². The summed E-state index contributed by atoms with van der Waals surface area (Å²) < 4.78 is 3.34. The molecular weight excluding hydrogens is 446 g/mol. The number of aryl methyl sites for hydroxylation is 2. The zero-order chi connectivity index (χ0) is 24.6. The van der Waals surface area contributed by atoms with E-state index in [-0.39, 0.29) is 5.69 Å². The molecule has 0 fully saturated rings. The number of fused-ring (bicyclic) bond motifs is 1. The summed E-state index contributed by atoms with van der Waals surface area (Å²) in [6.07, 6.45) is 0. The van der Waals surface area contributed by atoms with Gasteiger partial charge in [0.2, 0.25) is 0 Å². The van der Waals surface area contributed by atoms with Crippen LogP contribution in [0.15, 0.2) is 108 Å². The summed E-state index contributed by atoms with van der Waals surface area (Å²) in [5.41, 5.74) is 6.56. The van der Waals surface area contributed by atoms with Gasteiger partial charge >= 0.3 is 5.69 Å². The van der Waals surface area contributed by atoms with Gasteiger partial charge < -0.3 is 0 Å². The fraction of sp³-hybridized carbons (Fsp3) is 0.0667. The quantitative estimate of drug-likeness (QED) is 0.331. The lowest BCUT2D eigenvalue weighted by Gasteiger charge is -2.10. The lowest BCUT2D eigenvalue weighted by molar-refractivity contribution is 0.795. The maximum atomic E-state index is 12.4. The molecule has 2 aromatic heterocycles. The van der Waals surface area contributed by atoms with Crippen LogP contribution in [0, 0.1) is 0 Å². The summed E-state index contributed by atoms with van der Waals surface area (Å²) in [6.45, 7) is 0. The van der Waals surface area contributed by atoms with E-state index >= 15 is 0 Å². The monoisotopic (exact) mass is 469 g/mol. The molecule has 6 heteroatoms. The van der Waals surface area contributed by atoms with Crippen LogP contribution in [0.3, 0.4) is 0 Å². The normalized spacial score (nSPS) is 11.2. The highest BCUT2D eigenvalue weighted by molar-refractivity contribution is 5.83.